The molecule has 0 spiro atoms. The van der Waals surface area contributed by atoms with Crippen molar-refractivity contribution in [3.05, 3.63) is 41.5 Å². The fraction of sp³-hybridized carbons (Fsp3) is 0.471. The average molecular weight is 317 g/mol. The summed E-state index contributed by atoms with van der Waals surface area (Å²) < 4.78 is 10.2. The number of hydrogen-bond acceptors (Lipinski definition) is 5. The van der Waals surface area contributed by atoms with Gasteiger partial charge in [-0.25, -0.2) is 0 Å². The van der Waals surface area contributed by atoms with Gasteiger partial charge in [-0.3, -0.25) is 4.79 Å². The number of aromatic nitrogens is 2. The molecule has 1 aromatic carbocycles. The van der Waals surface area contributed by atoms with E-state index < -0.39 is 0 Å². The van der Waals surface area contributed by atoms with Crippen molar-refractivity contribution in [2.75, 3.05) is 14.2 Å². The number of amides is 1. The number of aryl methyl sites for hydroxylation is 2. The van der Waals surface area contributed by atoms with E-state index in [9.17, 15) is 4.79 Å². The van der Waals surface area contributed by atoms with Crippen molar-refractivity contribution in [2.24, 2.45) is 0 Å². The van der Waals surface area contributed by atoms with E-state index in [0.717, 1.165) is 11.3 Å². The summed E-state index contributed by atoms with van der Waals surface area (Å²) in [4.78, 5) is 18.2. The van der Waals surface area contributed by atoms with Crippen LogP contribution >= 0.6 is 0 Å². The van der Waals surface area contributed by atoms with E-state index >= 15 is 0 Å². The molecule has 23 heavy (non-hydrogen) atoms. The highest BCUT2D eigenvalue weighted by molar-refractivity contribution is 5.76. The largest absolute Gasteiger partial charge is 0.497 e. The zero-order valence-corrected chi connectivity index (χ0v) is 14.1. The van der Waals surface area contributed by atoms with Crippen LogP contribution in [0.3, 0.4) is 0 Å². The molecule has 1 atom stereocenters. The topological polar surface area (TPSA) is 68.5 Å². The van der Waals surface area contributed by atoms with E-state index in [4.69, 9.17) is 9.26 Å². The maximum atomic E-state index is 12.3. The lowest BCUT2D eigenvalue weighted by Crippen LogP contribution is -2.29. The standard InChI is InChI=1S/C17H23N3O3/c1-12(14-8-10-15(22-4)11-9-14)20(3)17(21)7-5-6-16-18-13(2)19-23-16/h8-12H,5-7H2,1-4H3/t12-/m1/s1. The van der Waals surface area contributed by atoms with Crippen molar-refractivity contribution in [1.29, 1.82) is 0 Å². The molecule has 0 N–H and O–H groups in total. The highest BCUT2D eigenvalue weighted by Gasteiger charge is 2.17. The van der Waals surface area contributed by atoms with Gasteiger partial charge in [0.1, 0.15) is 5.75 Å². The first-order valence-corrected chi connectivity index (χ1v) is 7.70. The van der Waals surface area contributed by atoms with Crippen molar-refractivity contribution in [3.8, 4) is 5.75 Å². The van der Waals surface area contributed by atoms with Crippen LogP contribution in [0.25, 0.3) is 0 Å². The van der Waals surface area contributed by atoms with Crippen molar-refractivity contribution < 1.29 is 14.1 Å². The molecule has 1 aromatic heterocycles. The van der Waals surface area contributed by atoms with Crippen molar-refractivity contribution in [2.45, 2.75) is 39.2 Å². The molecule has 1 amide bonds. The second-order valence-corrected chi connectivity index (χ2v) is 5.54. The van der Waals surface area contributed by atoms with Crippen LogP contribution < -0.4 is 4.74 Å². The van der Waals surface area contributed by atoms with Crippen LogP contribution in [0.5, 0.6) is 5.75 Å². The predicted molar refractivity (Wildman–Crippen MR) is 86.2 cm³/mol. The van der Waals surface area contributed by atoms with Gasteiger partial charge in [0.2, 0.25) is 11.8 Å². The molecule has 6 nitrogen and oxygen atoms in total. The van der Waals surface area contributed by atoms with Crippen LogP contribution in [0.1, 0.15) is 43.1 Å². The van der Waals surface area contributed by atoms with E-state index in [0.29, 0.717) is 31.0 Å². The van der Waals surface area contributed by atoms with E-state index in [1.807, 2.05) is 38.2 Å². The lowest BCUT2D eigenvalue weighted by atomic mass is 10.1. The summed E-state index contributed by atoms with van der Waals surface area (Å²) in [7, 11) is 3.47. The molecule has 6 heteroatoms. The zero-order chi connectivity index (χ0) is 16.8. The Morgan fingerprint density at radius 1 is 1.35 bits per heavy atom. The Bertz CT molecular complexity index is 637. The quantitative estimate of drug-likeness (QED) is 0.785. The molecule has 0 aliphatic rings. The molecule has 0 unspecified atom stereocenters. The number of rotatable bonds is 7. The minimum absolute atomic E-state index is 0.0130. The molecular formula is C17H23N3O3. The molecule has 2 rings (SSSR count). The Hall–Kier alpha value is -2.37. The fourth-order valence-electron chi connectivity index (χ4n) is 2.33. The first-order chi connectivity index (χ1) is 11.0. The summed E-state index contributed by atoms with van der Waals surface area (Å²) in [5.74, 6) is 2.12. The minimum Gasteiger partial charge on any atom is -0.497 e. The summed E-state index contributed by atoms with van der Waals surface area (Å²) in [5.41, 5.74) is 1.08. The second-order valence-electron chi connectivity index (χ2n) is 5.54. The molecule has 1 heterocycles. The normalized spacial score (nSPS) is 12.0. The van der Waals surface area contributed by atoms with E-state index in [1.54, 1.807) is 18.9 Å². The summed E-state index contributed by atoms with van der Waals surface area (Å²) in [6.45, 7) is 3.80. The number of benzene rings is 1. The summed E-state index contributed by atoms with van der Waals surface area (Å²) in [6, 6.07) is 7.78. The molecule has 0 saturated carbocycles. The molecule has 0 bridgehead atoms. The second kappa shape index (κ2) is 7.76. The lowest BCUT2D eigenvalue weighted by Gasteiger charge is -2.25. The van der Waals surface area contributed by atoms with Gasteiger partial charge in [-0.1, -0.05) is 17.3 Å². The third kappa shape index (κ3) is 4.55. The van der Waals surface area contributed by atoms with E-state index in [1.165, 1.54) is 0 Å². The number of hydrogen-bond donors (Lipinski definition) is 0. The molecule has 124 valence electrons. The summed E-state index contributed by atoms with van der Waals surface area (Å²) >= 11 is 0. The van der Waals surface area contributed by atoms with Gasteiger partial charge in [-0.05, 0) is 38.0 Å². The molecule has 0 aliphatic carbocycles. The molecule has 2 aromatic rings. The van der Waals surface area contributed by atoms with Crippen LogP contribution in [-0.4, -0.2) is 35.1 Å². The first kappa shape index (κ1) is 17.0. The molecule has 0 radical (unpaired) electrons. The lowest BCUT2D eigenvalue weighted by molar-refractivity contribution is -0.131. The molecule has 0 saturated heterocycles. The average Bonchev–Trinajstić information content (AvgIpc) is 2.98. The highest BCUT2D eigenvalue weighted by atomic mass is 16.5. The van der Waals surface area contributed by atoms with Gasteiger partial charge in [-0.2, -0.15) is 4.98 Å². The summed E-state index contributed by atoms with van der Waals surface area (Å²) in [5, 5.41) is 3.74. The Kier molecular flexibility index (Phi) is 5.73. The number of carbonyl (C=O) groups excluding carboxylic acids is 1. The van der Waals surface area contributed by atoms with Crippen LogP contribution in [0, 0.1) is 6.92 Å². The van der Waals surface area contributed by atoms with Crippen molar-refractivity contribution in [1.82, 2.24) is 15.0 Å². The zero-order valence-electron chi connectivity index (χ0n) is 14.1. The fourth-order valence-corrected chi connectivity index (χ4v) is 2.33. The van der Waals surface area contributed by atoms with Gasteiger partial charge < -0.3 is 14.2 Å². The minimum atomic E-state index is 0.0130. The molecule has 0 aliphatic heterocycles. The number of carbonyl (C=O) groups is 1. The third-order valence-corrected chi connectivity index (χ3v) is 3.92. The van der Waals surface area contributed by atoms with Crippen molar-refractivity contribution in [3.63, 3.8) is 0 Å². The van der Waals surface area contributed by atoms with Gasteiger partial charge >= 0.3 is 0 Å². The van der Waals surface area contributed by atoms with Gasteiger partial charge in [0, 0.05) is 19.9 Å². The van der Waals surface area contributed by atoms with Crippen LogP contribution in [0.4, 0.5) is 0 Å². The Morgan fingerprint density at radius 2 is 2.04 bits per heavy atom. The third-order valence-electron chi connectivity index (χ3n) is 3.92. The Morgan fingerprint density at radius 3 is 2.61 bits per heavy atom. The highest BCUT2D eigenvalue weighted by Crippen LogP contribution is 2.22. The van der Waals surface area contributed by atoms with Gasteiger partial charge in [-0.15, -0.1) is 0 Å². The van der Waals surface area contributed by atoms with Gasteiger partial charge in [0.05, 0.1) is 13.2 Å². The first-order valence-electron chi connectivity index (χ1n) is 7.70. The Balaban J connectivity index is 1.85. The van der Waals surface area contributed by atoms with Gasteiger partial charge in [0.15, 0.2) is 5.82 Å². The SMILES string of the molecule is COc1ccc([C@@H](C)N(C)C(=O)CCCc2nc(C)no2)cc1. The van der Waals surface area contributed by atoms with Crippen LogP contribution in [0.15, 0.2) is 28.8 Å². The van der Waals surface area contributed by atoms with Crippen LogP contribution in [-0.2, 0) is 11.2 Å². The molecular weight excluding hydrogens is 294 g/mol. The Labute approximate surface area is 136 Å². The predicted octanol–water partition coefficient (Wildman–Crippen LogP) is 2.93. The number of ether oxygens (including phenoxy) is 1. The maximum absolute atomic E-state index is 12.3. The van der Waals surface area contributed by atoms with E-state index in [-0.39, 0.29) is 11.9 Å². The smallest absolute Gasteiger partial charge is 0.226 e. The number of methoxy groups -OCH3 is 1. The van der Waals surface area contributed by atoms with E-state index in [2.05, 4.69) is 10.1 Å². The monoisotopic (exact) mass is 317 g/mol. The summed E-state index contributed by atoms with van der Waals surface area (Å²) in [6.07, 6.45) is 1.77. The maximum Gasteiger partial charge on any atom is 0.226 e. The van der Waals surface area contributed by atoms with Crippen molar-refractivity contribution >= 4 is 5.91 Å². The molecule has 0 fully saturated rings. The van der Waals surface area contributed by atoms with Crippen LogP contribution in [0.2, 0.25) is 0 Å². The number of nitrogens with zero attached hydrogens (tertiary/aromatic N) is 3. The van der Waals surface area contributed by atoms with Gasteiger partial charge in [0.25, 0.3) is 0 Å².